The second kappa shape index (κ2) is 8.23. The summed E-state index contributed by atoms with van der Waals surface area (Å²) in [5.74, 6) is -0.0940. The molecule has 1 aliphatic heterocycles. The lowest BCUT2D eigenvalue weighted by Gasteiger charge is -2.34. The van der Waals surface area contributed by atoms with E-state index in [1.807, 2.05) is 10.00 Å². The first-order valence-electron chi connectivity index (χ1n) is 8.78. The van der Waals surface area contributed by atoms with Crippen molar-refractivity contribution in [2.45, 2.75) is 36.6 Å². The van der Waals surface area contributed by atoms with Crippen LogP contribution >= 0.6 is 0 Å². The summed E-state index contributed by atoms with van der Waals surface area (Å²) in [6, 6.07) is 3.18. The molecule has 2 aromatic rings. The Balaban J connectivity index is 1.62. The van der Waals surface area contributed by atoms with Crippen LogP contribution in [-0.2, 0) is 16.2 Å². The SMILES string of the molecule is O=S(=O)(NCCN1CCCC[C@@H]1CO)c1ccc(-c2cc(C(F)(F)F)[nH]n2)o1. The van der Waals surface area contributed by atoms with Gasteiger partial charge in [0.15, 0.2) is 5.76 Å². The number of hydrogen-bond donors (Lipinski definition) is 3. The Labute approximate surface area is 159 Å². The largest absolute Gasteiger partial charge is 0.442 e. The molecule has 1 saturated heterocycles. The van der Waals surface area contributed by atoms with Gasteiger partial charge in [-0.25, -0.2) is 13.1 Å². The van der Waals surface area contributed by atoms with Crippen LogP contribution in [-0.4, -0.2) is 60.9 Å². The fourth-order valence-electron chi connectivity index (χ4n) is 3.15. The van der Waals surface area contributed by atoms with Gasteiger partial charge in [0.05, 0.1) is 6.61 Å². The fourth-order valence-corrected chi connectivity index (χ4v) is 4.10. The molecule has 0 bridgehead atoms. The van der Waals surface area contributed by atoms with Crippen molar-refractivity contribution in [3.8, 4) is 11.5 Å². The smallest absolute Gasteiger partial charge is 0.432 e. The number of sulfonamides is 1. The summed E-state index contributed by atoms with van der Waals surface area (Å²) in [7, 11) is -3.96. The normalized spacial score (nSPS) is 19.2. The summed E-state index contributed by atoms with van der Waals surface area (Å²) in [5, 5.41) is 14.3. The Bertz CT molecular complexity index is 894. The van der Waals surface area contributed by atoms with Gasteiger partial charge in [0.25, 0.3) is 10.0 Å². The Morgan fingerprint density at radius 3 is 2.82 bits per heavy atom. The van der Waals surface area contributed by atoms with Crippen molar-refractivity contribution in [3.05, 3.63) is 23.9 Å². The fraction of sp³-hybridized carbons (Fsp3) is 0.562. The quantitative estimate of drug-likeness (QED) is 0.628. The van der Waals surface area contributed by atoms with Crippen LogP contribution in [0.15, 0.2) is 27.7 Å². The minimum Gasteiger partial charge on any atom is -0.442 e. The molecule has 28 heavy (non-hydrogen) atoms. The number of likely N-dealkylation sites (tertiary alicyclic amines) is 1. The van der Waals surface area contributed by atoms with Crippen LogP contribution in [0.5, 0.6) is 0 Å². The highest BCUT2D eigenvalue weighted by Crippen LogP contribution is 2.31. The molecule has 3 heterocycles. The van der Waals surface area contributed by atoms with Gasteiger partial charge in [0, 0.05) is 19.1 Å². The van der Waals surface area contributed by atoms with E-state index in [1.165, 1.54) is 6.07 Å². The summed E-state index contributed by atoms with van der Waals surface area (Å²) in [4.78, 5) is 2.03. The van der Waals surface area contributed by atoms with Crippen LogP contribution in [0.25, 0.3) is 11.5 Å². The lowest BCUT2D eigenvalue weighted by molar-refractivity contribution is -0.141. The van der Waals surface area contributed by atoms with Crippen LogP contribution in [0, 0.1) is 0 Å². The van der Waals surface area contributed by atoms with Crippen molar-refractivity contribution in [1.29, 1.82) is 0 Å². The Morgan fingerprint density at radius 2 is 2.14 bits per heavy atom. The summed E-state index contributed by atoms with van der Waals surface area (Å²) < 4.78 is 70.2. The van der Waals surface area contributed by atoms with Gasteiger partial charge in [0.1, 0.15) is 11.4 Å². The number of aromatic nitrogens is 2. The minimum atomic E-state index is -4.59. The predicted molar refractivity (Wildman–Crippen MR) is 92.8 cm³/mol. The van der Waals surface area contributed by atoms with Gasteiger partial charge in [-0.05, 0) is 37.6 Å². The minimum absolute atomic E-state index is 0.0240. The molecule has 12 heteroatoms. The van der Waals surface area contributed by atoms with Gasteiger partial charge in [-0.15, -0.1) is 0 Å². The molecule has 0 unspecified atom stereocenters. The predicted octanol–water partition coefficient (Wildman–Crippen LogP) is 1.81. The molecule has 1 fully saturated rings. The summed E-state index contributed by atoms with van der Waals surface area (Å²) >= 11 is 0. The zero-order valence-electron chi connectivity index (χ0n) is 14.9. The molecule has 0 saturated carbocycles. The zero-order valence-corrected chi connectivity index (χ0v) is 15.7. The molecular weight excluding hydrogens is 401 g/mol. The molecule has 1 aliphatic rings. The lowest BCUT2D eigenvalue weighted by atomic mass is 10.0. The van der Waals surface area contributed by atoms with E-state index in [0.717, 1.165) is 37.9 Å². The van der Waals surface area contributed by atoms with Gasteiger partial charge >= 0.3 is 6.18 Å². The molecule has 0 amide bonds. The number of furan rings is 1. The van der Waals surface area contributed by atoms with Gasteiger partial charge in [-0.3, -0.25) is 10.00 Å². The highest BCUT2D eigenvalue weighted by molar-refractivity contribution is 7.89. The number of halogens is 3. The Kier molecular flexibility index (Phi) is 6.12. The number of nitrogens with zero attached hydrogens (tertiary/aromatic N) is 2. The van der Waals surface area contributed by atoms with E-state index < -0.39 is 27.0 Å². The van der Waals surface area contributed by atoms with Crippen LogP contribution in [0.3, 0.4) is 0 Å². The average Bonchev–Trinajstić information content (AvgIpc) is 3.31. The number of aliphatic hydroxyl groups is 1. The van der Waals surface area contributed by atoms with Crippen LogP contribution in [0.4, 0.5) is 13.2 Å². The number of piperidine rings is 1. The van der Waals surface area contributed by atoms with Crippen molar-refractivity contribution in [2.24, 2.45) is 0 Å². The molecule has 2 aromatic heterocycles. The van der Waals surface area contributed by atoms with E-state index in [4.69, 9.17) is 4.42 Å². The molecule has 0 radical (unpaired) electrons. The molecule has 0 spiro atoms. The van der Waals surface area contributed by atoms with E-state index in [0.29, 0.717) is 6.54 Å². The summed E-state index contributed by atoms with van der Waals surface area (Å²) in [6.45, 7) is 1.37. The van der Waals surface area contributed by atoms with E-state index in [1.54, 1.807) is 0 Å². The monoisotopic (exact) mass is 422 g/mol. The number of alkyl halides is 3. The van der Waals surface area contributed by atoms with Gasteiger partial charge in [0.2, 0.25) is 5.09 Å². The molecule has 1 atom stereocenters. The van der Waals surface area contributed by atoms with Crippen molar-refractivity contribution in [3.63, 3.8) is 0 Å². The molecule has 3 rings (SSSR count). The van der Waals surface area contributed by atoms with Crippen molar-refractivity contribution < 1.29 is 31.1 Å². The van der Waals surface area contributed by atoms with Crippen LogP contribution < -0.4 is 4.72 Å². The molecule has 3 N–H and O–H groups in total. The highest BCUT2D eigenvalue weighted by atomic mass is 32.2. The molecule has 0 aliphatic carbocycles. The lowest BCUT2D eigenvalue weighted by Crippen LogP contribution is -2.45. The van der Waals surface area contributed by atoms with Gasteiger partial charge in [-0.1, -0.05) is 6.42 Å². The maximum absolute atomic E-state index is 12.6. The second-order valence-electron chi connectivity index (χ2n) is 6.55. The molecule has 0 aromatic carbocycles. The van der Waals surface area contributed by atoms with Crippen LogP contribution in [0.2, 0.25) is 0 Å². The van der Waals surface area contributed by atoms with E-state index in [9.17, 15) is 26.7 Å². The van der Waals surface area contributed by atoms with E-state index in [2.05, 4.69) is 9.82 Å². The Morgan fingerprint density at radius 1 is 1.36 bits per heavy atom. The van der Waals surface area contributed by atoms with Gasteiger partial charge in [-0.2, -0.15) is 18.3 Å². The number of H-pyrrole nitrogens is 1. The first-order valence-corrected chi connectivity index (χ1v) is 10.3. The van der Waals surface area contributed by atoms with Crippen molar-refractivity contribution in [1.82, 2.24) is 19.8 Å². The summed E-state index contributed by atoms with van der Waals surface area (Å²) in [6.07, 6.45) is -1.69. The number of hydrogen-bond acceptors (Lipinski definition) is 6. The third kappa shape index (κ3) is 4.74. The average molecular weight is 422 g/mol. The third-order valence-electron chi connectivity index (χ3n) is 4.63. The number of nitrogens with one attached hydrogen (secondary N) is 2. The maximum atomic E-state index is 12.6. The maximum Gasteiger partial charge on any atom is 0.432 e. The number of aromatic amines is 1. The number of rotatable bonds is 7. The molecule has 156 valence electrons. The molecule has 8 nitrogen and oxygen atoms in total. The topological polar surface area (TPSA) is 111 Å². The summed E-state index contributed by atoms with van der Waals surface area (Å²) in [5.41, 5.74) is -1.20. The molecular formula is C16H21F3N4O4S. The van der Waals surface area contributed by atoms with E-state index >= 15 is 0 Å². The third-order valence-corrected chi connectivity index (χ3v) is 5.97. The van der Waals surface area contributed by atoms with Gasteiger partial charge < -0.3 is 9.52 Å². The first kappa shape index (κ1) is 20.8. The second-order valence-corrected chi connectivity index (χ2v) is 8.25. The standard InChI is InChI=1S/C16H21F3N4O4S/c17-16(18,19)14-9-12(21-22-14)13-4-5-15(27-13)28(25,26)20-6-8-23-7-2-1-3-11(23)10-24/h4-5,9,11,20,24H,1-3,6-8,10H2,(H,21,22)/t11-/m1/s1. The highest BCUT2D eigenvalue weighted by Gasteiger charge is 2.33. The Hall–Kier alpha value is -1.89. The zero-order chi connectivity index (χ0) is 20.4. The van der Waals surface area contributed by atoms with Crippen LogP contribution in [0.1, 0.15) is 25.0 Å². The van der Waals surface area contributed by atoms with Crippen molar-refractivity contribution in [2.75, 3.05) is 26.2 Å². The first-order chi connectivity index (χ1) is 13.2. The van der Waals surface area contributed by atoms with Crippen molar-refractivity contribution >= 4 is 10.0 Å². The van der Waals surface area contributed by atoms with E-state index in [-0.39, 0.29) is 30.6 Å². The number of aliphatic hydroxyl groups excluding tert-OH is 1.